The minimum Gasteiger partial charge on any atom is -0.394 e. The summed E-state index contributed by atoms with van der Waals surface area (Å²) in [5, 5.41) is 246. The van der Waals surface area contributed by atoms with E-state index < -0.39 is 261 Å². The van der Waals surface area contributed by atoms with E-state index in [9.17, 15) is 117 Å². The molecule has 23 N–H and O–H groups in total. The fourth-order valence-corrected chi connectivity index (χ4v) is 9.90. The maximum atomic E-state index is 11.8. The van der Waals surface area contributed by atoms with Gasteiger partial charge in [-0.1, -0.05) is 0 Å². The second-order valence-corrected chi connectivity index (χ2v) is 19.6. The van der Waals surface area contributed by atoms with Crippen molar-refractivity contribution in [3.8, 4) is 0 Å². The third-order valence-electron chi connectivity index (χ3n) is 14.6. The van der Waals surface area contributed by atoms with Crippen LogP contribution in [0.2, 0.25) is 0 Å². The molecule has 7 aliphatic rings. The van der Waals surface area contributed by atoms with E-state index in [4.69, 9.17) is 61.6 Å². The van der Waals surface area contributed by atoms with Gasteiger partial charge >= 0.3 is 0 Å². The van der Waals surface area contributed by atoms with Gasteiger partial charge < -0.3 is 179 Å². The van der Waals surface area contributed by atoms with Gasteiger partial charge in [0, 0.05) is 0 Å². The lowest BCUT2D eigenvalue weighted by atomic mass is 9.95. The second kappa shape index (κ2) is 27.5. The molecule has 0 aromatic heterocycles. The Morgan fingerprint density at radius 2 is 0.410 bits per heavy atom. The van der Waals surface area contributed by atoms with Gasteiger partial charge in [-0.25, -0.2) is 0 Å². The van der Waals surface area contributed by atoms with Crippen LogP contribution in [0.4, 0.5) is 0 Å². The van der Waals surface area contributed by atoms with Crippen LogP contribution in [0.15, 0.2) is 0 Å². The molecule has 0 aromatic carbocycles. The molecule has 0 bridgehead atoms. The van der Waals surface area contributed by atoms with Crippen LogP contribution in [-0.2, 0) is 61.6 Å². The quantitative estimate of drug-likeness (QED) is 0.0571. The largest absolute Gasteiger partial charge is 0.394 e. The summed E-state index contributed by atoms with van der Waals surface area (Å²) < 4.78 is 73.8. The molecule has 7 aliphatic heterocycles. The highest BCUT2D eigenvalue weighted by atomic mass is 16.8. The minimum absolute atomic E-state index is 0.886. The topological polar surface area (TPSA) is 585 Å². The predicted octanol–water partition coefficient (Wildman–Crippen LogP) is -16.3. The summed E-state index contributed by atoms with van der Waals surface area (Å²) in [6.45, 7) is -7.13. The molecule has 7 rings (SSSR count). The Kier molecular flexibility index (Phi) is 22.6. The lowest BCUT2D eigenvalue weighted by Crippen LogP contribution is -2.69. The van der Waals surface area contributed by atoms with E-state index in [0.717, 1.165) is 0 Å². The summed E-state index contributed by atoms with van der Waals surface area (Å²) in [5.41, 5.74) is 0. The molecule has 0 spiro atoms. The Morgan fingerprint density at radius 1 is 0.192 bits per heavy atom. The molecule has 35 atom stereocenters. The van der Waals surface area contributed by atoms with Gasteiger partial charge in [0.2, 0.25) is 0 Å². The van der Waals surface area contributed by atoms with Crippen molar-refractivity contribution in [1.29, 1.82) is 0 Å². The van der Waals surface area contributed by atoms with Crippen molar-refractivity contribution in [3.05, 3.63) is 0 Å². The van der Waals surface area contributed by atoms with Crippen LogP contribution in [0, 0.1) is 0 Å². The van der Waals surface area contributed by atoms with E-state index in [0.29, 0.717) is 0 Å². The molecule has 36 nitrogen and oxygen atoms in total. The van der Waals surface area contributed by atoms with Crippen molar-refractivity contribution in [2.75, 3.05) is 46.2 Å². The highest BCUT2D eigenvalue weighted by molar-refractivity contribution is 5.01. The van der Waals surface area contributed by atoms with Crippen LogP contribution in [0.25, 0.3) is 0 Å². The van der Waals surface area contributed by atoms with Gasteiger partial charge in [0.1, 0.15) is 171 Å². The van der Waals surface area contributed by atoms with Gasteiger partial charge in [0.15, 0.2) is 44.0 Å². The Hall–Kier alpha value is -1.44. The van der Waals surface area contributed by atoms with Crippen LogP contribution < -0.4 is 0 Å². The Morgan fingerprint density at radius 3 is 0.731 bits per heavy atom. The Balaban J connectivity index is 1.16. The number of hydrogen-bond donors (Lipinski definition) is 23. The van der Waals surface area contributed by atoms with Gasteiger partial charge in [0.25, 0.3) is 0 Å². The van der Waals surface area contributed by atoms with E-state index in [1.807, 2.05) is 0 Å². The zero-order chi connectivity index (χ0) is 57.3. The molecule has 0 radical (unpaired) electrons. The first-order chi connectivity index (χ1) is 37.0. The fraction of sp³-hybridized carbons (Fsp3) is 1.00. The molecule has 7 saturated heterocycles. The monoisotopic (exact) mass is 1150 g/mol. The van der Waals surface area contributed by atoms with Crippen molar-refractivity contribution in [2.45, 2.75) is 215 Å². The van der Waals surface area contributed by atoms with Crippen LogP contribution >= 0.6 is 0 Å². The number of aliphatic hydroxyl groups is 23. The molecular formula is C42H72O36. The SMILES string of the molecule is OC[C@H]1O[C@H](O[C@@H]2[C@@H](O[C@@H]3[C@H](O)[C@@H](O[C@@H]4[C@@H](O[C@@H]5[C@@H](O[C@@H]6[C@@H](O[C@@H]7C(O)O[C@H](CO)[C@@H](O)[C@@H]7O)O[C@H](CO)[C@@H](O)[C@@H]6O)O[C@H](CO)[C@@H](O)[C@@H]5O)O[C@H](CO)[C@@H](O)[C@@H]4O)O[C@H](CO)[C@H]3O)O[C@H](CO)[C@@H](O)[C@@H]2O)[C@@H](O)[C@@H](O)[C@@H]1O. The molecule has 1 unspecified atom stereocenters. The third kappa shape index (κ3) is 12.9. The van der Waals surface area contributed by atoms with Crippen molar-refractivity contribution in [3.63, 3.8) is 0 Å². The van der Waals surface area contributed by atoms with E-state index in [1.165, 1.54) is 0 Å². The van der Waals surface area contributed by atoms with E-state index in [2.05, 4.69) is 0 Å². The summed E-state index contributed by atoms with van der Waals surface area (Å²) in [6, 6.07) is 0. The first-order valence-electron chi connectivity index (χ1n) is 24.7. The van der Waals surface area contributed by atoms with Crippen molar-refractivity contribution in [1.82, 2.24) is 0 Å². The fourth-order valence-electron chi connectivity index (χ4n) is 9.90. The van der Waals surface area contributed by atoms with Crippen molar-refractivity contribution >= 4 is 0 Å². The summed E-state index contributed by atoms with van der Waals surface area (Å²) in [7, 11) is 0. The Bertz CT molecular complexity index is 1820. The molecule has 0 saturated carbocycles. The highest BCUT2D eigenvalue weighted by Crippen LogP contribution is 2.38. The van der Waals surface area contributed by atoms with Crippen LogP contribution in [0.3, 0.4) is 0 Å². The van der Waals surface area contributed by atoms with Crippen LogP contribution in [-0.4, -0.2) is 379 Å². The number of hydrogen-bond acceptors (Lipinski definition) is 36. The van der Waals surface area contributed by atoms with Gasteiger partial charge in [0.05, 0.1) is 46.2 Å². The zero-order valence-corrected chi connectivity index (χ0v) is 40.8. The standard InChI is InChI=1S/C42H72O36/c43-1-8-16(51)23(58)31(36(65)66-8)74-40-34(26(61)19(54)11(4-46)70-40)77-42-35(27(62)20(55)13(6-48)72-42)78-41-33(25(60)18(53)12(5-47)71-41)76-38-29(64)30(21(56)14(7-49)68-38)73-39-32(24(59)17(52)10(3-45)69-39)75-37-28(63)22(57)15(50)9(2-44)67-37/h8-65H,1-7H2/t8-,9-,10-,11-,12-,13-,14-,15-,16-,17-,18-,19-,20-,21-,22+,23+,24+,25+,26+,27+,28+,29+,30+,31+,32+,33+,34+,35+,36?,37-,38-,39-,40-,41-,42-/m1/s1. The molecule has 78 heavy (non-hydrogen) atoms. The van der Waals surface area contributed by atoms with Crippen molar-refractivity contribution in [2.24, 2.45) is 0 Å². The number of ether oxygens (including phenoxy) is 13. The van der Waals surface area contributed by atoms with Gasteiger partial charge in [-0.15, -0.1) is 0 Å². The van der Waals surface area contributed by atoms with E-state index >= 15 is 0 Å². The highest BCUT2D eigenvalue weighted by Gasteiger charge is 2.59. The molecule has 7 heterocycles. The smallest absolute Gasteiger partial charge is 0.187 e. The third-order valence-corrected chi connectivity index (χ3v) is 14.6. The second-order valence-electron chi connectivity index (χ2n) is 19.6. The average Bonchev–Trinajstić information content (AvgIpc) is 3.54. The van der Waals surface area contributed by atoms with Crippen LogP contribution in [0.5, 0.6) is 0 Å². The summed E-state index contributed by atoms with van der Waals surface area (Å²) in [4.78, 5) is 0. The van der Waals surface area contributed by atoms with Gasteiger partial charge in [-0.05, 0) is 0 Å². The molecular weight excluding hydrogens is 1080 g/mol. The zero-order valence-electron chi connectivity index (χ0n) is 40.8. The Labute approximate surface area is 439 Å². The molecule has 7 fully saturated rings. The lowest BCUT2D eigenvalue weighted by Gasteiger charge is -2.50. The number of aliphatic hydroxyl groups excluding tert-OH is 23. The minimum atomic E-state index is -2.38. The van der Waals surface area contributed by atoms with Gasteiger partial charge in [-0.2, -0.15) is 0 Å². The summed E-state index contributed by atoms with van der Waals surface area (Å²) in [6.07, 6.45) is -71.9. The van der Waals surface area contributed by atoms with Crippen molar-refractivity contribution < 1.29 is 179 Å². The van der Waals surface area contributed by atoms with Crippen LogP contribution in [0.1, 0.15) is 0 Å². The molecule has 0 amide bonds. The molecule has 0 aliphatic carbocycles. The normalized spacial score (nSPS) is 53.5. The summed E-state index contributed by atoms with van der Waals surface area (Å²) in [5.74, 6) is 0. The lowest BCUT2D eigenvalue weighted by molar-refractivity contribution is -0.416. The summed E-state index contributed by atoms with van der Waals surface area (Å²) >= 11 is 0. The molecule has 36 heteroatoms. The first-order valence-corrected chi connectivity index (χ1v) is 24.7. The molecule has 0 aromatic rings. The maximum Gasteiger partial charge on any atom is 0.187 e. The maximum absolute atomic E-state index is 11.8. The average molecular weight is 1150 g/mol. The first kappa shape index (κ1) is 64.1. The molecule has 456 valence electrons. The van der Waals surface area contributed by atoms with Gasteiger partial charge in [-0.3, -0.25) is 0 Å². The van der Waals surface area contributed by atoms with E-state index in [-0.39, 0.29) is 0 Å². The van der Waals surface area contributed by atoms with E-state index in [1.54, 1.807) is 0 Å². The predicted molar refractivity (Wildman–Crippen MR) is 232 cm³/mol. The number of rotatable bonds is 19.